The zero-order valence-corrected chi connectivity index (χ0v) is 15.1. The fourth-order valence-corrected chi connectivity index (χ4v) is 3.36. The molecule has 1 fully saturated rings. The monoisotopic (exact) mass is 385 g/mol. The molecule has 1 aliphatic rings. The van der Waals surface area contributed by atoms with E-state index in [1.807, 2.05) is 0 Å². The van der Waals surface area contributed by atoms with E-state index in [1.165, 1.54) is 11.7 Å². The van der Waals surface area contributed by atoms with Gasteiger partial charge in [-0.25, -0.2) is 14.8 Å². The quantitative estimate of drug-likeness (QED) is 0.588. The predicted octanol–water partition coefficient (Wildman–Crippen LogP) is 0.779. The van der Waals surface area contributed by atoms with Crippen LogP contribution in [0.15, 0.2) is 23.0 Å². The number of H-pyrrole nitrogens is 1. The first-order valence-corrected chi connectivity index (χ1v) is 8.78. The van der Waals surface area contributed by atoms with Crippen molar-refractivity contribution in [2.24, 2.45) is 5.73 Å². The molecule has 3 heterocycles. The van der Waals surface area contributed by atoms with Gasteiger partial charge < -0.3 is 25.3 Å². The van der Waals surface area contributed by atoms with Crippen LogP contribution in [-0.2, 0) is 11.3 Å². The lowest BCUT2D eigenvalue weighted by molar-refractivity contribution is 0.0970. The number of carbonyl (C=O) groups excluding carboxylic acids is 1. The number of nitrogens with one attached hydrogen (secondary N) is 1. The highest BCUT2D eigenvalue weighted by molar-refractivity contribution is 6.02. The second kappa shape index (κ2) is 6.97. The Bertz CT molecular complexity index is 1110. The van der Waals surface area contributed by atoms with Crippen molar-refractivity contribution < 1.29 is 19.4 Å². The van der Waals surface area contributed by atoms with Crippen LogP contribution in [0.1, 0.15) is 23.3 Å². The Morgan fingerprint density at radius 3 is 2.96 bits per heavy atom. The van der Waals surface area contributed by atoms with Crippen molar-refractivity contribution in [1.82, 2.24) is 19.5 Å². The predicted molar refractivity (Wildman–Crippen MR) is 99.3 cm³/mol. The summed E-state index contributed by atoms with van der Waals surface area (Å²) in [5, 5.41) is 10.4. The number of aromatic amines is 1. The molecule has 1 amide bonds. The summed E-state index contributed by atoms with van der Waals surface area (Å²) in [6, 6.07) is 4.82. The number of amides is 1. The topological polar surface area (TPSA) is 145 Å². The lowest BCUT2D eigenvalue weighted by atomic mass is 10.1. The molecule has 28 heavy (non-hydrogen) atoms. The van der Waals surface area contributed by atoms with Crippen molar-refractivity contribution in [2.45, 2.75) is 25.5 Å². The molecule has 4 rings (SSSR count). The van der Waals surface area contributed by atoms with Crippen LogP contribution in [0.3, 0.4) is 0 Å². The first-order chi connectivity index (χ1) is 13.5. The summed E-state index contributed by atoms with van der Waals surface area (Å²) < 4.78 is 12.1. The molecule has 3 aromatic rings. The number of rotatable bonds is 5. The van der Waals surface area contributed by atoms with Crippen LogP contribution in [0.25, 0.3) is 22.6 Å². The first kappa shape index (κ1) is 18.0. The van der Waals surface area contributed by atoms with E-state index in [0.717, 1.165) is 12.8 Å². The first-order valence-electron chi connectivity index (χ1n) is 8.78. The van der Waals surface area contributed by atoms with Gasteiger partial charge in [0.25, 0.3) is 5.91 Å². The minimum absolute atomic E-state index is 0.0535. The van der Waals surface area contributed by atoms with Gasteiger partial charge >= 0.3 is 5.69 Å². The molecule has 10 nitrogen and oxygen atoms in total. The zero-order chi connectivity index (χ0) is 19.8. The zero-order valence-electron chi connectivity index (χ0n) is 15.1. The summed E-state index contributed by atoms with van der Waals surface area (Å²) in [6.07, 6.45) is 1.64. The Balaban J connectivity index is 1.93. The number of methoxy groups -OCH3 is 1. The highest BCUT2D eigenvalue weighted by atomic mass is 16.5. The largest absolute Gasteiger partial charge is 0.504 e. The van der Waals surface area contributed by atoms with Gasteiger partial charge in [0.2, 0.25) is 0 Å². The summed E-state index contributed by atoms with van der Waals surface area (Å²) in [5.41, 5.74) is 5.53. The summed E-state index contributed by atoms with van der Waals surface area (Å²) in [4.78, 5) is 35.7. The number of aromatic nitrogens is 4. The summed E-state index contributed by atoms with van der Waals surface area (Å²) >= 11 is 0. The third kappa shape index (κ3) is 2.97. The number of aromatic hydroxyl groups is 1. The number of phenols is 1. The Labute approximate surface area is 158 Å². The van der Waals surface area contributed by atoms with Crippen LogP contribution in [0.2, 0.25) is 0 Å². The molecule has 1 aromatic carbocycles. The van der Waals surface area contributed by atoms with Crippen LogP contribution >= 0.6 is 0 Å². The van der Waals surface area contributed by atoms with E-state index in [-0.39, 0.29) is 52.4 Å². The molecule has 10 heteroatoms. The van der Waals surface area contributed by atoms with E-state index in [4.69, 9.17) is 15.2 Å². The van der Waals surface area contributed by atoms with Crippen molar-refractivity contribution in [3.63, 3.8) is 0 Å². The van der Waals surface area contributed by atoms with E-state index in [9.17, 15) is 14.7 Å². The van der Waals surface area contributed by atoms with Gasteiger partial charge in [-0.05, 0) is 25.0 Å². The van der Waals surface area contributed by atoms with Gasteiger partial charge in [-0.3, -0.25) is 9.36 Å². The number of benzene rings is 1. The molecule has 146 valence electrons. The number of phenolic OH excluding ortho intramolecular Hbond substituents is 1. The van der Waals surface area contributed by atoms with Crippen molar-refractivity contribution in [1.29, 1.82) is 0 Å². The number of nitrogens with two attached hydrogens (primary N) is 1. The number of primary amides is 1. The molecule has 0 spiro atoms. The number of para-hydroxylation sites is 1. The van der Waals surface area contributed by atoms with E-state index in [0.29, 0.717) is 6.61 Å². The maximum atomic E-state index is 12.5. The molecule has 0 aliphatic carbocycles. The minimum Gasteiger partial charge on any atom is -0.504 e. The second-order valence-corrected chi connectivity index (χ2v) is 6.49. The SMILES string of the molecule is COc1cccc(-c2nc(C(N)=O)c3[nH]c(=O)n(CC4CCCO4)c3n2)c1O. The standard InChI is InChI=1S/C18H19N5O5/c1-27-11-6-2-5-10(14(11)24)16-20-12(15(19)25)13-17(22-16)23(18(26)21-13)8-9-4-3-7-28-9/h2,5-6,9,24H,3-4,7-8H2,1H3,(H2,19,25)(H,21,26). The Kier molecular flexibility index (Phi) is 4.47. The van der Waals surface area contributed by atoms with E-state index in [2.05, 4.69) is 15.0 Å². The smallest absolute Gasteiger partial charge is 0.327 e. The van der Waals surface area contributed by atoms with Crippen LogP contribution in [0.4, 0.5) is 0 Å². The molecule has 0 radical (unpaired) electrons. The summed E-state index contributed by atoms with van der Waals surface area (Å²) in [5.74, 6) is -0.713. The molecule has 0 bridgehead atoms. The van der Waals surface area contributed by atoms with Crippen LogP contribution < -0.4 is 16.2 Å². The van der Waals surface area contributed by atoms with Gasteiger partial charge in [0, 0.05) is 6.61 Å². The number of hydrogen-bond donors (Lipinski definition) is 3. The van der Waals surface area contributed by atoms with Crippen molar-refractivity contribution in [2.75, 3.05) is 13.7 Å². The molecular formula is C18H19N5O5. The molecule has 1 saturated heterocycles. The summed E-state index contributed by atoms with van der Waals surface area (Å²) in [7, 11) is 1.42. The van der Waals surface area contributed by atoms with Crippen molar-refractivity contribution in [3.05, 3.63) is 34.4 Å². The normalized spacial score (nSPS) is 16.5. The number of carbonyl (C=O) groups is 1. The lowest BCUT2D eigenvalue weighted by Crippen LogP contribution is -2.24. The van der Waals surface area contributed by atoms with E-state index >= 15 is 0 Å². The lowest BCUT2D eigenvalue weighted by Gasteiger charge is -2.11. The number of hydrogen-bond acceptors (Lipinski definition) is 7. The van der Waals surface area contributed by atoms with Gasteiger partial charge in [-0.15, -0.1) is 0 Å². The maximum absolute atomic E-state index is 12.5. The van der Waals surface area contributed by atoms with Gasteiger partial charge in [-0.2, -0.15) is 0 Å². The van der Waals surface area contributed by atoms with Crippen LogP contribution in [-0.4, -0.2) is 50.4 Å². The molecule has 0 saturated carbocycles. The molecule has 1 unspecified atom stereocenters. The van der Waals surface area contributed by atoms with Crippen molar-refractivity contribution in [3.8, 4) is 22.9 Å². The Morgan fingerprint density at radius 1 is 1.46 bits per heavy atom. The molecule has 1 atom stereocenters. The molecular weight excluding hydrogens is 366 g/mol. The molecule has 1 aliphatic heterocycles. The fraction of sp³-hybridized carbons (Fsp3) is 0.333. The van der Waals surface area contributed by atoms with Crippen LogP contribution in [0.5, 0.6) is 11.5 Å². The summed E-state index contributed by atoms with van der Waals surface area (Å²) in [6.45, 7) is 0.934. The number of nitrogens with zero attached hydrogens (tertiary/aromatic N) is 3. The molecule has 4 N–H and O–H groups in total. The average molecular weight is 385 g/mol. The minimum atomic E-state index is -0.818. The number of fused-ring (bicyclic) bond motifs is 1. The van der Waals surface area contributed by atoms with Gasteiger partial charge in [0.1, 0.15) is 5.52 Å². The fourth-order valence-electron chi connectivity index (χ4n) is 3.36. The van der Waals surface area contributed by atoms with Gasteiger partial charge in [0.15, 0.2) is 28.7 Å². The van der Waals surface area contributed by atoms with E-state index in [1.54, 1.807) is 18.2 Å². The van der Waals surface area contributed by atoms with Crippen molar-refractivity contribution >= 4 is 17.1 Å². The highest BCUT2D eigenvalue weighted by Crippen LogP contribution is 2.35. The third-order valence-electron chi connectivity index (χ3n) is 4.73. The Morgan fingerprint density at radius 2 is 2.29 bits per heavy atom. The number of imidazole rings is 1. The third-order valence-corrected chi connectivity index (χ3v) is 4.73. The number of ether oxygens (including phenoxy) is 2. The molecule has 2 aromatic heterocycles. The Hall–Kier alpha value is -3.40. The maximum Gasteiger partial charge on any atom is 0.327 e. The second-order valence-electron chi connectivity index (χ2n) is 6.49. The average Bonchev–Trinajstić information content (AvgIpc) is 3.30. The highest BCUT2D eigenvalue weighted by Gasteiger charge is 2.24. The van der Waals surface area contributed by atoms with Gasteiger partial charge in [0.05, 0.1) is 25.3 Å². The van der Waals surface area contributed by atoms with Gasteiger partial charge in [-0.1, -0.05) is 6.07 Å². The van der Waals surface area contributed by atoms with E-state index < -0.39 is 11.6 Å². The van der Waals surface area contributed by atoms with Crippen LogP contribution in [0, 0.1) is 0 Å².